The fourth-order valence-corrected chi connectivity index (χ4v) is 2.35. The van der Waals surface area contributed by atoms with Crippen LogP contribution < -0.4 is 14.8 Å². The lowest BCUT2D eigenvalue weighted by Gasteiger charge is -2.09. The van der Waals surface area contributed by atoms with E-state index in [1.165, 1.54) is 13.2 Å². The Kier molecular flexibility index (Phi) is 7.85. The number of halogens is 3. The van der Waals surface area contributed by atoms with Gasteiger partial charge in [-0.3, -0.25) is 4.79 Å². The van der Waals surface area contributed by atoms with Crippen molar-refractivity contribution in [2.75, 3.05) is 25.6 Å². The predicted molar refractivity (Wildman–Crippen MR) is 104 cm³/mol. The van der Waals surface area contributed by atoms with Gasteiger partial charge in [0.05, 0.1) is 19.3 Å². The lowest BCUT2D eigenvalue weighted by molar-refractivity contribution is -0.142. The van der Waals surface area contributed by atoms with E-state index in [1.54, 1.807) is 18.2 Å². The lowest BCUT2D eigenvalue weighted by Crippen LogP contribution is -2.20. The van der Waals surface area contributed by atoms with Gasteiger partial charge in [-0.25, -0.2) is 4.79 Å². The molecule has 0 radical (unpaired) electrons. The first-order valence-corrected chi connectivity index (χ1v) is 8.85. The van der Waals surface area contributed by atoms with Crippen molar-refractivity contribution in [3.05, 3.63) is 59.7 Å². The van der Waals surface area contributed by atoms with Crippen LogP contribution in [0.3, 0.4) is 0 Å². The predicted octanol–water partition coefficient (Wildman–Crippen LogP) is 4.31. The molecular formula is C21H20F3NO5. The molecular weight excluding hydrogens is 403 g/mol. The zero-order valence-corrected chi connectivity index (χ0v) is 16.3. The highest BCUT2D eigenvalue weighted by atomic mass is 19.4. The molecule has 2 aromatic carbocycles. The van der Waals surface area contributed by atoms with Crippen LogP contribution in [-0.2, 0) is 20.5 Å². The number of ether oxygens (including phenoxy) is 3. The van der Waals surface area contributed by atoms with Crippen molar-refractivity contribution in [1.29, 1.82) is 0 Å². The first-order chi connectivity index (χ1) is 14.2. The van der Waals surface area contributed by atoms with E-state index in [4.69, 9.17) is 14.2 Å². The van der Waals surface area contributed by atoms with Crippen molar-refractivity contribution in [1.82, 2.24) is 0 Å². The first-order valence-electron chi connectivity index (χ1n) is 8.85. The summed E-state index contributed by atoms with van der Waals surface area (Å²) in [5.41, 5.74) is -0.0227. The molecule has 0 saturated heterocycles. The SMILES string of the molecule is CCOc1ccc(/C=C/C(=O)OCC(=O)Nc2ccc(C(F)(F)F)cc2)cc1OC. The summed E-state index contributed by atoms with van der Waals surface area (Å²) in [7, 11) is 1.49. The Bertz CT molecular complexity index is 908. The summed E-state index contributed by atoms with van der Waals surface area (Å²) in [6.45, 7) is 1.74. The number of nitrogens with one attached hydrogen (secondary N) is 1. The van der Waals surface area contributed by atoms with E-state index in [9.17, 15) is 22.8 Å². The van der Waals surface area contributed by atoms with Crippen LogP contribution in [0.1, 0.15) is 18.1 Å². The molecule has 0 fully saturated rings. The molecule has 0 aliphatic rings. The monoisotopic (exact) mass is 423 g/mol. The zero-order chi connectivity index (χ0) is 22.1. The van der Waals surface area contributed by atoms with Crippen molar-refractivity contribution < 1.29 is 37.0 Å². The Morgan fingerprint density at radius 3 is 2.37 bits per heavy atom. The van der Waals surface area contributed by atoms with Crippen LogP contribution in [0.25, 0.3) is 6.08 Å². The third-order valence-electron chi connectivity index (χ3n) is 3.74. The van der Waals surface area contributed by atoms with Crippen LogP contribution in [-0.4, -0.2) is 32.2 Å². The van der Waals surface area contributed by atoms with Crippen LogP contribution in [0.15, 0.2) is 48.5 Å². The van der Waals surface area contributed by atoms with E-state index in [0.717, 1.165) is 30.3 Å². The van der Waals surface area contributed by atoms with Crippen LogP contribution in [0.2, 0.25) is 0 Å². The maximum atomic E-state index is 12.5. The molecule has 160 valence electrons. The molecule has 0 spiro atoms. The van der Waals surface area contributed by atoms with Crippen LogP contribution in [0.4, 0.5) is 18.9 Å². The molecule has 1 amide bonds. The quantitative estimate of drug-likeness (QED) is 0.506. The van der Waals surface area contributed by atoms with Crippen LogP contribution in [0, 0.1) is 0 Å². The molecule has 0 saturated carbocycles. The van der Waals surface area contributed by atoms with E-state index in [2.05, 4.69) is 5.32 Å². The fourth-order valence-electron chi connectivity index (χ4n) is 2.35. The van der Waals surface area contributed by atoms with Gasteiger partial charge in [0.2, 0.25) is 0 Å². The minimum absolute atomic E-state index is 0.154. The largest absolute Gasteiger partial charge is 0.493 e. The number of esters is 1. The van der Waals surface area contributed by atoms with Crippen molar-refractivity contribution in [2.45, 2.75) is 13.1 Å². The highest BCUT2D eigenvalue weighted by molar-refractivity contribution is 5.94. The average molecular weight is 423 g/mol. The smallest absolute Gasteiger partial charge is 0.416 e. The number of amides is 1. The van der Waals surface area contributed by atoms with E-state index in [0.29, 0.717) is 23.7 Å². The summed E-state index contributed by atoms with van der Waals surface area (Å²) >= 11 is 0. The van der Waals surface area contributed by atoms with Gasteiger partial charge in [-0.15, -0.1) is 0 Å². The maximum absolute atomic E-state index is 12.5. The summed E-state index contributed by atoms with van der Waals surface area (Å²) in [6, 6.07) is 9.00. The Morgan fingerprint density at radius 2 is 1.77 bits per heavy atom. The highest BCUT2D eigenvalue weighted by Crippen LogP contribution is 2.30. The zero-order valence-electron chi connectivity index (χ0n) is 16.3. The Labute approximate surface area is 171 Å². The van der Waals surface area contributed by atoms with E-state index >= 15 is 0 Å². The van der Waals surface area contributed by atoms with Crippen molar-refractivity contribution >= 4 is 23.6 Å². The number of hydrogen-bond donors (Lipinski definition) is 1. The fraction of sp³-hybridized carbons (Fsp3) is 0.238. The van der Waals surface area contributed by atoms with Gasteiger partial charge in [-0.1, -0.05) is 6.07 Å². The average Bonchev–Trinajstić information content (AvgIpc) is 2.71. The molecule has 2 rings (SSSR count). The van der Waals surface area contributed by atoms with Gasteiger partial charge in [0.25, 0.3) is 5.91 Å². The number of anilines is 1. The molecule has 0 aliphatic carbocycles. The Balaban J connectivity index is 1.86. The van der Waals surface area contributed by atoms with Crippen LogP contribution >= 0.6 is 0 Å². The summed E-state index contributed by atoms with van der Waals surface area (Å²) < 4.78 is 53.0. The van der Waals surface area contributed by atoms with E-state index < -0.39 is 30.2 Å². The third kappa shape index (κ3) is 6.84. The molecule has 0 aromatic heterocycles. The Hall–Kier alpha value is -3.49. The van der Waals surface area contributed by atoms with Gasteiger partial charge in [0, 0.05) is 11.8 Å². The van der Waals surface area contributed by atoms with Crippen molar-refractivity contribution in [3.63, 3.8) is 0 Å². The lowest BCUT2D eigenvalue weighted by atomic mass is 10.2. The standard InChI is InChI=1S/C21H20F3NO5/c1-3-29-17-10-4-14(12-18(17)28-2)5-11-20(27)30-13-19(26)25-16-8-6-15(7-9-16)21(22,23)24/h4-12H,3,13H2,1-2H3,(H,25,26)/b11-5+. The number of methoxy groups -OCH3 is 1. The van der Waals surface area contributed by atoms with Gasteiger partial charge in [-0.05, 0) is 55.0 Å². The maximum Gasteiger partial charge on any atom is 0.416 e. The van der Waals surface area contributed by atoms with E-state index in [1.807, 2.05) is 6.92 Å². The molecule has 6 nitrogen and oxygen atoms in total. The summed E-state index contributed by atoms with van der Waals surface area (Å²) in [4.78, 5) is 23.6. The van der Waals surface area contributed by atoms with Crippen LogP contribution in [0.5, 0.6) is 11.5 Å². The summed E-state index contributed by atoms with van der Waals surface area (Å²) in [6.07, 6.45) is -1.84. The number of hydrogen-bond acceptors (Lipinski definition) is 5. The number of alkyl halides is 3. The number of carbonyl (C=O) groups is 2. The summed E-state index contributed by atoms with van der Waals surface area (Å²) in [5, 5.41) is 2.34. The molecule has 2 aromatic rings. The first kappa shape index (κ1) is 22.8. The van der Waals surface area contributed by atoms with Gasteiger partial charge in [-0.2, -0.15) is 13.2 Å². The van der Waals surface area contributed by atoms with Gasteiger partial charge in [0.15, 0.2) is 18.1 Å². The molecule has 0 atom stereocenters. The number of carbonyl (C=O) groups excluding carboxylic acids is 2. The molecule has 30 heavy (non-hydrogen) atoms. The highest BCUT2D eigenvalue weighted by Gasteiger charge is 2.29. The van der Waals surface area contributed by atoms with Gasteiger partial charge >= 0.3 is 12.1 Å². The topological polar surface area (TPSA) is 73.9 Å². The van der Waals surface area contributed by atoms with Gasteiger partial charge < -0.3 is 19.5 Å². The number of benzene rings is 2. The molecule has 1 N–H and O–H groups in total. The Morgan fingerprint density at radius 1 is 1.07 bits per heavy atom. The second-order valence-electron chi connectivity index (χ2n) is 5.91. The second kappa shape index (κ2) is 10.3. The minimum atomic E-state index is -4.46. The molecule has 0 unspecified atom stereocenters. The van der Waals surface area contributed by atoms with Gasteiger partial charge in [0.1, 0.15) is 0 Å². The normalized spacial score (nSPS) is 11.2. The third-order valence-corrected chi connectivity index (χ3v) is 3.74. The van der Waals surface area contributed by atoms with Crippen molar-refractivity contribution in [3.8, 4) is 11.5 Å². The summed E-state index contributed by atoms with van der Waals surface area (Å²) in [5.74, 6) is -0.368. The molecule has 0 aliphatic heterocycles. The molecule has 9 heteroatoms. The number of rotatable bonds is 8. The minimum Gasteiger partial charge on any atom is -0.493 e. The van der Waals surface area contributed by atoms with E-state index in [-0.39, 0.29) is 5.69 Å². The van der Waals surface area contributed by atoms with Crippen molar-refractivity contribution in [2.24, 2.45) is 0 Å². The molecule has 0 bridgehead atoms. The molecule has 0 heterocycles. The second-order valence-corrected chi connectivity index (χ2v) is 5.91.